The van der Waals surface area contributed by atoms with Gasteiger partial charge in [0, 0.05) is 11.9 Å². The van der Waals surface area contributed by atoms with Crippen LogP contribution in [0.25, 0.3) is 0 Å². The van der Waals surface area contributed by atoms with Gasteiger partial charge in [0.2, 0.25) is 0 Å². The number of pyridine rings is 2. The Kier molecular flexibility index (Phi) is 4.75. The number of nitrogens with zero attached hydrogens (tertiary/aromatic N) is 2. The molecule has 5 nitrogen and oxygen atoms in total. The third kappa shape index (κ3) is 4.01. The Morgan fingerprint density at radius 1 is 1.12 bits per heavy atom. The van der Waals surface area contributed by atoms with Gasteiger partial charge in [-0.3, -0.25) is 14.6 Å². The Morgan fingerprint density at radius 3 is 2.68 bits per heavy atom. The van der Waals surface area contributed by atoms with E-state index in [-0.39, 0.29) is 11.1 Å². The summed E-state index contributed by atoms with van der Waals surface area (Å²) in [5.74, 6) is -0.436. The van der Waals surface area contributed by atoms with Gasteiger partial charge in [0.15, 0.2) is 0 Å². The molecule has 3 rings (SSSR count). The van der Waals surface area contributed by atoms with Crippen molar-refractivity contribution in [2.45, 2.75) is 20.4 Å². The predicted molar refractivity (Wildman–Crippen MR) is 97.9 cm³/mol. The number of hydrogen-bond donors (Lipinski definition) is 1. The minimum Gasteiger partial charge on any atom is -0.320 e. The fourth-order valence-corrected chi connectivity index (χ4v) is 2.58. The Hall–Kier alpha value is -3.21. The van der Waals surface area contributed by atoms with Crippen LogP contribution in [0.5, 0.6) is 0 Å². The fourth-order valence-electron chi connectivity index (χ4n) is 2.58. The Bertz CT molecular complexity index is 959. The smallest absolute Gasteiger partial charge is 0.263 e. The molecule has 0 spiro atoms. The molecule has 1 amide bonds. The molecule has 0 saturated carbocycles. The van der Waals surface area contributed by atoms with E-state index in [1.807, 2.05) is 38.1 Å². The van der Waals surface area contributed by atoms with Crippen LogP contribution >= 0.6 is 0 Å². The maximum Gasteiger partial charge on any atom is 0.263 e. The molecule has 0 saturated heterocycles. The highest BCUT2D eigenvalue weighted by Crippen LogP contribution is 2.08. The molecule has 2 aromatic heterocycles. The van der Waals surface area contributed by atoms with Gasteiger partial charge in [-0.15, -0.1) is 0 Å². The lowest BCUT2D eigenvalue weighted by Gasteiger charge is -2.09. The maximum absolute atomic E-state index is 12.6. The first kappa shape index (κ1) is 16.6. The van der Waals surface area contributed by atoms with Crippen molar-refractivity contribution in [2.24, 2.45) is 0 Å². The van der Waals surface area contributed by atoms with Gasteiger partial charge in [-0.05, 0) is 43.7 Å². The molecule has 5 heteroatoms. The molecule has 0 aliphatic rings. The summed E-state index contributed by atoms with van der Waals surface area (Å²) in [6.07, 6.45) is 3.26. The molecule has 2 heterocycles. The first-order chi connectivity index (χ1) is 12.0. The number of carbonyl (C=O) groups is 1. The van der Waals surface area contributed by atoms with Crippen LogP contribution in [0.3, 0.4) is 0 Å². The lowest BCUT2D eigenvalue weighted by atomic mass is 10.1. The second-order valence-corrected chi connectivity index (χ2v) is 5.99. The molecule has 126 valence electrons. The van der Waals surface area contributed by atoms with Gasteiger partial charge in [-0.1, -0.05) is 29.8 Å². The molecular formula is C20H19N3O2. The summed E-state index contributed by atoms with van der Waals surface area (Å²) in [4.78, 5) is 29.2. The SMILES string of the molecule is Cc1cccc(Cn2cccc(C(=O)Nc3ccc(C)nc3)c2=O)c1. The van der Waals surface area contributed by atoms with Gasteiger partial charge in [0.1, 0.15) is 5.56 Å². The zero-order valence-corrected chi connectivity index (χ0v) is 14.2. The second-order valence-electron chi connectivity index (χ2n) is 5.99. The van der Waals surface area contributed by atoms with Gasteiger partial charge < -0.3 is 9.88 Å². The van der Waals surface area contributed by atoms with Crippen molar-refractivity contribution in [3.05, 3.63) is 93.7 Å². The van der Waals surface area contributed by atoms with Crippen molar-refractivity contribution in [1.82, 2.24) is 9.55 Å². The third-order valence-corrected chi connectivity index (χ3v) is 3.87. The van der Waals surface area contributed by atoms with E-state index in [9.17, 15) is 9.59 Å². The molecule has 0 aliphatic heterocycles. The number of benzene rings is 1. The lowest BCUT2D eigenvalue weighted by Crippen LogP contribution is -2.29. The Balaban J connectivity index is 1.84. The van der Waals surface area contributed by atoms with Crippen LogP contribution in [0, 0.1) is 13.8 Å². The average molecular weight is 333 g/mol. The fraction of sp³-hybridized carbons (Fsp3) is 0.150. The summed E-state index contributed by atoms with van der Waals surface area (Å²) in [6.45, 7) is 4.30. The van der Waals surface area contributed by atoms with E-state index < -0.39 is 5.91 Å². The van der Waals surface area contributed by atoms with Gasteiger partial charge in [-0.25, -0.2) is 0 Å². The monoisotopic (exact) mass is 333 g/mol. The summed E-state index contributed by atoms with van der Waals surface area (Å²) >= 11 is 0. The molecule has 0 bridgehead atoms. The van der Waals surface area contributed by atoms with Crippen molar-refractivity contribution in [3.8, 4) is 0 Å². The van der Waals surface area contributed by atoms with Crippen LogP contribution in [0.4, 0.5) is 5.69 Å². The third-order valence-electron chi connectivity index (χ3n) is 3.87. The number of rotatable bonds is 4. The average Bonchev–Trinajstić information content (AvgIpc) is 2.59. The zero-order chi connectivity index (χ0) is 17.8. The van der Waals surface area contributed by atoms with Crippen LogP contribution in [0.1, 0.15) is 27.2 Å². The number of nitrogens with one attached hydrogen (secondary N) is 1. The second kappa shape index (κ2) is 7.13. The van der Waals surface area contributed by atoms with E-state index in [0.717, 1.165) is 16.8 Å². The highest BCUT2D eigenvalue weighted by molar-refractivity contribution is 6.03. The van der Waals surface area contributed by atoms with Crippen molar-refractivity contribution < 1.29 is 4.79 Å². The summed E-state index contributed by atoms with van der Waals surface area (Å²) < 4.78 is 1.54. The van der Waals surface area contributed by atoms with E-state index in [1.54, 1.807) is 30.6 Å². The molecule has 1 aromatic carbocycles. The molecule has 3 aromatic rings. The highest BCUT2D eigenvalue weighted by atomic mass is 16.2. The molecule has 0 aliphatic carbocycles. The standard InChI is InChI=1S/C20H19N3O2/c1-14-5-3-6-16(11-14)13-23-10-4-7-18(20(23)25)19(24)22-17-9-8-15(2)21-12-17/h3-12H,13H2,1-2H3,(H,22,24). The van der Waals surface area contributed by atoms with Crippen molar-refractivity contribution in [2.75, 3.05) is 5.32 Å². The molecule has 0 atom stereocenters. The molecule has 0 unspecified atom stereocenters. The van der Waals surface area contributed by atoms with E-state index in [4.69, 9.17) is 0 Å². The molecule has 1 N–H and O–H groups in total. The van der Waals surface area contributed by atoms with Gasteiger partial charge in [0.05, 0.1) is 18.4 Å². The van der Waals surface area contributed by atoms with Crippen LogP contribution in [0.15, 0.2) is 65.7 Å². The van der Waals surface area contributed by atoms with Crippen LogP contribution in [0.2, 0.25) is 0 Å². The first-order valence-electron chi connectivity index (χ1n) is 8.02. The largest absolute Gasteiger partial charge is 0.320 e. The maximum atomic E-state index is 12.6. The topological polar surface area (TPSA) is 64.0 Å². The van der Waals surface area contributed by atoms with E-state index in [1.165, 1.54) is 10.6 Å². The molecule has 0 fully saturated rings. The molecule has 0 radical (unpaired) electrons. The number of anilines is 1. The summed E-state index contributed by atoms with van der Waals surface area (Å²) in [6, 6.07) is 14.8. The summed E-state index contributed by atoms with van der Waals surface area (Å²) in [5, 5.41) is 2.71. The first-order valence-corrected chi connectivity index (χ1v) is 8.02. The lowest BCUT2D eigenvalue weighted by molar-refractivity contribution is 0.102. The van der Waals surface area contributed by atoms with Crippen LogP contribution in [-0.4, -0.2) is 15.5 Å². The summed E-state index contributed by atoms with van der Waals surface area (Å²) in [5.41, 5.74) is 3.35. The Morgan fingerprint density at radius 2 is 1.96 bits per heavy atom. The minimum absolute atomic E-state index is 0.107. The van der Waals surface area contributed by atoms with Crippen molar-refractivity contribution in [3.63, 3.8) is 0 Å². The molecular weight excluding hydrogens is 314 g/mol. The Labute approximate surface area is 146 Å². The number of hydrogen-bond acceptors (Lipinski definition) is 3. The quantitative estimate of drug-likeness (QED) is 0.798. The van der Waals surface area contributed by atoms with Gasteiger partial charge in [-0.2, -0.15) is 0 Å². The zero-order valence-electron chi connectivity index (χ0n) is 14.2. The normalized spacial score (nSPS) is 10.5. The number of aryl methyl sites for hydroxylation is 2. The van der Waals surface area contributed by atoms with Crippen LogP contribution < -0.4 is 10.9 Å². The van der Waals surface area contributed by atoms with E-state index in [0.29, 0.717) is 12.2 Å². The van der Waals surface area contributed by atoms with E-state index in [2.05, 4.69) is 10.3 Å². The molecule has 25 heavy (non-hydrogen) atoms. The number of carbonyl (C=O) groups excluding carboxylic acids is 1. The summed E-state index contributed by atoms with van der Waals surface area (Å²) in [7, 11) is 0. The van der Waals surface area contributed by atoms with Gasteiger partial charge >= 0.3 is 0 Å². The number of amides is 1. The highest BCUT2D eigenvalue weighted by Gasteiger charge is 2.12. The van der Waals surface area contributed by atoms with Crippen molar-refractivity contribution in [1.29, 1.82) is 0 Å². The van der Waals surface area contributed by atoms with Gasteiger partial charge in [0.25, 0.3) is 11.5 Å². The van der Waals surface area contributed by atoms with Crippen LogP contribution in [-0.2, 0) is 6.54 Å². The number of aromatic nitrogens is 2. The predicted octanol–water partition coefficient (Wildman–Crippen LogP) is 3.16. The van der Waals surface area contributed by atoms with Crippen molar-refractivity contribution >= 4 is 11.6 Å². The van der Waals surface area contributed by atoms with E-state index >= 15 is 0 Å². The minimum atomic E-state index is -0.436.